The van der Waals surface area contributed by atoms with Gasteiger partial charge in [-0.3, -0.25) is 10.8 Å². The van der Waals surface area contributed by atoms with E-state index in [1.165, 1.54) is 12.1 Å². The van der Waals surface area contributed by atoms with E-state index >= 15 is 0 Å². The van der Waals surface area contributed by atoms with Crippen molar-refractivity contribution in [1.82, 2.24) is 4.98 Å². The number of nitrogen functional groups attached to an aromatic ring is 1. The first-order chi connectivity index (χ1) is 8.51. The molecule has 0 atom stereocenters. The summed E-state index contributed by atoms with van der Waals surface area (Å²) in [6.45, 7) is 6.13. The van der Waals surface area contributed by atoms with Crippen LogP contribution in [-0.4, -0.2) is 4.98 Å². The number of nitrogens with two attached hydrogens (primary N) is 1. The van der Waals surface area contributed by atoms with E-state index < -0.39 is 0 Å². The second-order valence-corrected chi connectivity index (χ2v) is 5.02. The maximum atomic E-state index is 13.4. The Bertz CT molecular complexity index is 579. The van der Waals surface area contributed by atoms with E-state index in [2.05, 4.69) is 24.3 Å². The Labute approximate surface area is 106 Å². The minimum Gasteiger partial charge on any atom is -0.323 e. The summed E-state index contributed by atoms with van der Waals surface area (Å²) in [4.78, 5) is 4.60. The van der Waals surface area contributed by atoms with Crippen molar-refractivity contribution in [3.8, 4) is 0 Å². The van der Waals surface area contributed by atoms with Gasteiger partial charge in [-0.1, -0.05) is 13.8 Å². The first-order valence-corrected chi connectivity index (χ1v) is 6.07. The third kappa shape index (κ3) is 2.43. The summed E-state index contributed by atoms with van der Waals surface area (Å²) >= 11 is 0. The highest BCUT2D eigenvalue weighted by Crippen LogP contribution is 2.27. The van der Waals surface area contributed by atoms with Crippen LogP contribution in [0.25, 0.3) is 10.9 Å². The lowest BCUT2D eigenvalue weighted by atomic mass is 10.0. The van der Waals surface area contributed by atoms with Crippen LogP contribution in [0.1, 0.15) is 25.1 Å². The lowest BCUT2D eigenvalue weighted by Crippen LogP contribution is -2.09. The molecule has 4 heteroatoms. The fourth-order valence-electron chi connectivity index (χ4n) is 2.15. The van der Waals surface area contributed by atoms with Crippen LogP contribution in [0.2, 0.25) is 0 Å². The van der Waals surface area contributed by atoms with E-state index in [4.69, 9.17) is 5.84 Å². The first-order valence-electron chi connectivity index (χ1n) is 6.07. The van der Waals surface area contributed by atoms with Gasteiger partial charge in [-0.2, -0.15) is 0 Å². The Hall–Kier alpha value is -1.68. The number of aryl methyl sites for hydroxylation is 1. The maximum Gasteiger partial charge on any atom is 0.124 e. The quantitative estimate of drug-likeness (QED) is 0.647. The maximum absolute atomic E-state index is 13.4. The van der Waals surface area contributed by atoms with Crippen molar-refractivity contribution in [1.29, 1.82) is 0 Å². The van der Waals surface area contributed by atoms with Gasteiger partial charge >= 0.3 is 0 Å². The minimum atomic E-state index is -0.269. The molecule has 0 bridgehead atoms. The molecule has 2 rings (SSSR count). The van der Waals surface area contributed by atoms with Crippen molar-refractivity contribution < 1.29 is 4.39 Å². The summed E-state index contributed by atoms with van der Waals surface area (Å²) in [7, 11) is 0. The number of fused-ring (bicyclic) bond motifs is 1. The molecular formula is C14H18FN3. The van der Waals surface area contributed by atoms with E-state index in [0.717, 1.165) is 34.3 Å². The normalized spacial score (nSPS) is 11.2. The Morgan fingerprint density at radius 2 is 2.06 bits per heavy atom. The average molecular weight is 247 g/mol. The predicted octanol–water partition coefficient (Wildman–Crippen LogP) is 3.17. The lowest BCUT2D eigenvalue weighted by Gasteiger charge is -2.12. The fourth-order valence-corrected chi connectivity index (χ4v) is 2.15. The van der Waals surface area contributed by atoms with Gasteiger partial charge in [-0.15, -0.1) is 0 Å². The monoisotopic (exact) mass is 247 g/mol. The molecular weight excluding hydrogens is 229 g/mol. The third-order valence-electron chi connectivity index (χ3n) is 2.89. The molecule has 0 aliphatic heterocycles. The molecule has 0 radical (unpaired) electrons. The van der Waals surface area contributed by atoms with E-state index in [1.807, 2.05) is 13.0 Å². The number of halogens is 1. The van der Waals surface area contributed by atoms with Gasteiger partial charge in [-0.25, -0.2) is 4.39 Å². The van der Waals surface area contributed by atoms with Crippen molar-refractivity contribution >= 4 is 16.6 Å². The number of anilines is 1. The highest BCUT2D eigenvalue weighted by Gasteiger charge is 2.10. The molecule has 0 spiro atoms. The van der Waals surface area contributed by atoms with Crippen molar-refractivity contribution in [2.24, 2.45) is 11.8 Å². The molecule has 0 saturated heterocycles. The molecule has 0 fully saturated rings. The lowest BCUT2D eigenvalue weighted by molar-refractivity contribution is 0.627. The molecule has 0 unspecified atom stereocenters. The Morgan fingerprint density at radius 1 is 1.33 bits per heavy atom. The van der Waals surface area contributed by atoms with Gasteiger partial charge < -0.3 is 5.43 Å². The highest BCUT2D eigenvalue weighted by molar-refractivity contribution is 5.93. The van der Waals surface area contributed by atoms with Gasteiger partial charge in [0.15, 0.2) is 0 Å². The second-order valence-electron chi connectivity index (χ2n) is 5.02. The summed E-state index contributed by atoms with van der Waals surface area (Å²) in [6.07, 6.45) is 0.876. The summed E-state index contributed by atoms with van der Waals surface area (Å²) in [5.74, 6) is 5.76. The number of hydrogen-bond donors (Lipinski definition) is 2. The van der Waals surface area contributed by atoms with Crippen molar-refractivity contribution in [2.75, 3.05) is 5.43 Å². The molecule has 0 saturated carbocycles. The number of aromatic nitrogens is 1. The molecule has 0 amide bonds. The number of rotatable bonds is 3. The number of hydrazine groups is 1. The van der Waals surface area contributed by atoms with Crippen molar-refractivity contribution in [2.45, 2.75) is 27.2 Å². The number of hydrogen-bond acceptors (Lipinski definition) is 3. The minimum absolute atomic E-state index is 0.269. The van der Waals surface area contributed by atoms with Crippen LogP contribution < -0.4 is 11.3 Å². The molecule has 3 nitrogen and oxygen atoms in total. The zero-order valence-electron chi connectivity index (χ0n) is 10.9. The molecule has 1 aromatic carbocycles. The molecule has 1 heterocycles. The smallest absolute Gasteiger partial charge is 0.124 e. The highest BCUT2D eigenvalue weighted by atomic mass is 19.1. The van der Waals surface area contributed by atoms with Gasteiger partial charge in [0.1, 0.15) is 5.82 Å². The third-order valence-corrected chi connectivity index (χ3v) is 2.89. The van der Waals surface area contributed by atoms with Crippen LogP contribution in [-0.2, 0) is 6.42 Å². The fraction of sp³-hybridized carbons (Fsp3) is 0.357. The van der Waals surface area contributed by atoms with E-state index in [-0.39, 0.29) is 5.82 Å². The number of nitrogens with one attached hydrogen (secondary N) is 1. The number of pyridine rings is 1. The van der Waals surface area contributed by atoms with Crippen LogP contribution >= 0.6 is 0 Å². The molecule has 3 N–H and O–H groups in total. The van der Waals surface area contributed by atoms with Gasteiger partial charge in [0.25, 0.3) is 0 Å². The molecule has 18 heavy (non-hydrogen) atoms. The molecule has 0 aliphatic carbocycles. The number of nitrogens with zero attached hydrogens (tertiary/aromatic N) is 1. The van der Waals surface area contributed by atoms with Crippen LogP contribution in [0.4, 0.5) is 10.1 Å². The van der Waals surface area contributed by atoms with Crippen LogP contribution in [0, 0.1) is 18.7 Å². The van der Waals surface area contributed by atoms with Crippen molar-refractivity contribution in [3.63, 3.8) is 0 Å². The van der Waals surface area contributed by atoms with Gasteiger partial charge in [-0.05, 0) is 43.0 Å². The Balaban J connectivity index is 2.67. The Kier molecular flexibility index (Phi) is 3.48. The summed E-state index contributed by atoms with van der Waals surface area (Å²) in [5.41, 5.74) is 5.96. The Morgan fingerprint density at radius 3 is 2.67 bits per heavy atom. The second kappa shape index (κ2) is 4.90. The van der Waals surface area contributed by atoms with Crippen LogP contribution in [0.15, 0.2) is 18.2 Å². The van der Waals surface area contributed by atoms with Crippen LogP contribution in [0.5, 0.6) is 0 Å². The van der Waals surface area contributed by atoms with E-state index in [9.17, 15) is 4.39 Å². The summed E-state index contributed by atoms with van der Waals surface area (Å²) in [6, 6.07) is 4.85. The summed E-state index contributed by atoms with van der Waals surface area (Å²) in [5, 5.41) is 0.725. The van der Waals surface area contributed by atoms with E-state index in [0.29, 0.717) is 5.92 Å². The zero-order valence-corrected chi connectivity index (χ0v) is 10.9. The molecule has 96 valence electrons. The van der Waals surface area contributed by atoms with Gasteiger partial charge in [0, 0.05) is 11.1 Å². The van der Waals surface area contributed by atoms with Gasteiger partial charge in [0.2, 0.25) is 0 Å². The standard InChI is InChI=1S/C14H18FN3/c1-8(2)4-11-7-13(18-16)12-6-10(15)5-9(3)14(12)17-11/h5-8H,4,16H2,1-3H3,(H,17,18). The summed E-state index contributed by atoms with van der Waals surface area (Å²) < 4.78 is 13.4. The zero-order chi connectivity index (χ0) is 13.3. The SMILES string of the molecule is Cc1cc(F)cc2c(NN)cc(CC(C)C)nc12. The van der Waals surface area contributed by atoms with Gasteiger partial charge in [0.05, 0.1) is 11.2 Å². The largest absolute Gasteiger partial charge is 0.323 e. The molecule has 2 aromatic rings. The first kappa shape index (κ1) is 12.8. The van der Waals surface area contributed by atoms with Crippen LogP contribution in [0.3, 0.4) is 0 Å². The number of benzene rings is 1. The topological polar surface area (TPSA) is 50.9 Å². The average Bonchev–Trinajstić information content (AvgIpc) is 2.28. The van der Waals surface area contributed by atoms with E-state index in [1.54, 1.807) is 0 Å². The predicted molar refractivity (Wildman–Crippen MR) is 72.8 cm³/mol. The molecule has 1 aromatic heterocycles. The van der Waals surface area contributed by atoms with Crippen molar-refractivity contribution in [3.05, 3.63) is 35.3 Å². The molecule has 0 aliphatic rings.